The van der Waals surface area contributed by atoms with Crippen LogP contribution in [0.15, 0.2) is 72.9 Å². The van der Waals surface area contributed by atoms with Gasteiger partial charge in [-0.05, 0) is 30.3 Å². The number of hydrogen-bond acceptors (Lipinski definition) is 2. The van der Waals surface area contributed by atoms with Crippen LogP contribution >= 0.6 is 0 Å². The van der Waals surface area contributed by atoms with Crippen molar-refractivity contribution in [3.63, 3.8) is 0 Å². The first-order valence-electron chi connectivity index (χ1n) is 6.63. The molecule has 2 heteroatoms. The van der Waals surface area contributed by atoms with Crippen LogP contribution < -0.4 is 9.64 Å². The highest BCUT2D eigenvalue weighted by molar-refractivity contribution is 5.49. The molecule has 0 aliphatic carbocycles. The van der Waals surface area contributed by atoms with E-state index in [0.29, 0.717) is 0 Å². The summed E-state index contributed by atoms with van der Waals surface area (Å²) in [6.45, 7) is 0.984. The highest BCUT2D eigenvalue weighted by Gasteiger charge is 2.15. The van der Waals surface area contributed by atoms with Crippen molar-refractivity contribution in [3.05, 3.63) is 72.9 Å². The maximum Gasteiger partial charge on any atom is 0.120 e. The molecule has 2 aromatic rings. The largest absolute Gasteiger partial charge is 0.486 e. The van der Waals surface area contributed by atoms with Crippen molar-refractivity contribution < 1.29 is 4.74 Å². The van der Waals surface area contributed by atoms with Gasteiger partial charge >= 0.3 is 0 Å². The third-order valence-electron chi connectivity index (χ3n) is 3.25. The van der Waals surface area contributed by atoms with Gasteiger partial charge in [-0.15, -0.1) is 0 Å². The second-order valence-electron chi connectivity index (χ2n) is 4.63. The molecule has 0 aromatic heterocycles. The molecule has 0 bridgehead atoms. The Balaban J connectivity index is 1.64. The maximum absolute atomic E-state index is 5.93. The van der Waals surface area contributed by atoms with Crippen LogP contribution in [0.4, 0.5) is 5.69 Å². The zero-order valence-electron chi connectivity index (χ0n) is 10.8. The molecule has 1 unspecified atom stereocenters. The second kappa shape index (κ2) is 5.61. The molecule has 0 saturated heterocycles. The molecular weight excluding hydrogens is 234 g/mol. The van der Waals surface area contributed by atoms with Crippen LogP contribution in [0.25, 0.3) is 0 Å². The van der Waals surface area contributed by atoms with E-state index in [-0.39, 0.29) is 6.10 Å². The molecule has 19 heavy (non-hydrogen) atoms. The van der Waals surface area contributed by atoms with Crippen molar-refractivity contribution in [2.45, 2.75) is 12.5 Å². The molecule has 0 fully saturated rings. The number of hydrogen-bond donors (Lipinski definition) is 0. The molecule has 0 radical (unpaired) electrons. The fourth-order valence-electron chi connectivity index (χ4n) is 2.24. The first-order chi connectivity index (χ1) is 9.42. The summed E-state index contributed by atoms with van der Waals surface area (Å²) in [5.74, 6) is 0.935. The fraction of sp³-hybridized carbons (Fsp3) is 0.176. The van der Waals surface area contributed by atoms with Gasteiger partial charge in [0, 0.05) is 24.9 Å². The summed E-state index contributed by atoms with van der Waals surface area (Å²) in [7, 11) is 0. The van der Waals surface area contributed by atoms with Gasteiger partial charge in [0.05, 0.1) is 0 Å². The van der Waals surface area contributed by atoms with Gasteiger partial charge in [0.2, 0.25) is 0 Å². The van der Waals surface area contributed by atoms with Crippen LogP contribution in [0.3, 0.4) is 0 Å². The number of nitrogens with zero attached hydrogens (tertiary/aromatic N) is 1. The van der Waals surface area contributed by atoms with Crippen LogP contribution in [0, 0.1) is 0 Å². The van der Waals surface area contributed by atoms with E-state index in [9.17, 15) is 0 Å². The van der Waals surface area contributed by atoms with E-state index in [4.69, 9.17) is 4.74 Å². The summed E-state index contributed by atoms with van der Waals surface area (Å²) >= 11 is 0. The van der Waals surface area contributed by atoms with E-state index >= 15 is 0 Å². The molecule has 0 amide bonds. The van der Waals surface area contributed by atoms with Crippen LogP contribution in [-0.2, 0) is 0 Å². The summed E-state index contributed by atoms with van der Waals surface area (Å²) in [5, 5.41) is 0. The minimum Gasteiger partial charge on any atom is -0.486 e. The minimum atomic E-state index is 0.169. The summed E-state index contributed by atoms with van der Waals surface area (Å²) < 4.78 is 5.93. The first-order valence-corrected chi connectivity index (χ1v) is 6.63. The average Bonchev–Trinajstić information content (AvgIpc) is 2.50. The van der Waals surface area contributed by atoms with Gasteiger partial charge in [-0.3, -0.25) is 0 Å². The molecule has 1 aliphatic heterocycles. The van der Waals surface area contributed by atoms with E-state index in [1.807, 2.05) is 36.4 Å². The molecule has 1 aliphatic rings. The van der Waals surface area contributed by atoms with Crippen molar-refractivity contribution in [1.29, 1.82) is 0 Å². The SMILES string of the molecule is C1=CN(c2ccccc2)CCC1Oc1ccccc1. The molecule has 0 spiro atoms. The molecule has 3 rings (SSSR count). The molecule has 1 atom stereocenters. The van der Waals surface area contributed by atoms with E-state index in [0.717, 1.165) is 18.7 Å². The zero-order valence-corrected chi connectivity index (χ0v) is 10.8. The number of anilines is 1. The molecule has 1 heterocycles. The quantitative estimate of drug-likeness (QED) is 0.821. The average molecular weight is 251 g/mol. The Hall–Kier alpha value is -2.22. The van der Waals surface area contributed by atoms with Gasteiger partial charge in [0.25, 0.3) is 0 Å². The predicted octanol–water partition coefficient (Wildman–Crippen LogP) is 3.86. The van der Waals surface area contributed by atoms with Gasteiger partial charge < -0.3 is 9.64 Å². The van der Waals surface area contributed by atoms with E-state index in [2.05, 4.69) is 41.4 Å². The number of rotatable bonds is 3. The van der Waals surface area contributed by atoms with Crippen molar-refractivity contribution in [2.75, 3.05) is 11.4 Å². The Morgan fingerprint density at radius 2 is 1.58 bits per heavy atom. The van der Waals surface area contributed by atoms with Gasteiger partial charge in [-0.25, -0.2) is 0 Å². The van der Waals surface area contributed by atoms with Gasteiger partial charge in [0.15, 0.2) is 0 Å². The van der Waals surface area contributed by atoms with E-state index < -0.39 is 0 Å². The number of ether oxygens (including phenoxy) is 1. The molecule has 2 nitrogen and oxygen atoms in total. The Bertz CT molecular complexity index is 536. The Morgan fingerprint density at radius 1 is 0.895 bits per heavy atom. The van der Waals surface area contributed by atoms with Crippen molar-refractivity contribution >= 4 is 5.69 Å². The van der Waals surface area contributed by atoms with Crippen LogP contribution in [0.5, 0.6) is 5.75 Å². The molecular formula is C17H17NO. The molecule has 0 N–H and O–H groups in total. The summed E-state index contributed by atoms with van der Waals surface area (Å²) in [6, 6.07) is 20.4. The topological polar surface area (TPSA) is 12.5 Å². The predicted molar refractivity (Wildman–Crippen MR) is 78.4 cm³/mol. The van der Waals surface area contributed by atoms with Crippen LogP contribution in [-0.4, -0.2) is 12.6 Å². The summed E-state index contributed by atoms with van der Waals surface area (Å²) in [4.78, 5) is 2.25. The van der Waals surface area contributed by atoms with E-state index in [1.54, 1.807) is 0 Å². The third kappa shape index (κ3) is 2.97. The Morgan fingerprint density at radius 3 is 2.21 bits per heavy atom. The molecule has 0 saturated carbocycles. The van der Waals surface area contributed by atoms with Gasteiger partial charge in [-0.2, -0.15) is 0 Å². The Kier molecular flexibility index (Phi) is 3.50. The fourth-order valence-corrected chi connectivity index (χ4v) is 2.24. The lowest BCUT2D eigenvalue weighted by Gasteiger charge is -2.28. The van der Waals surface area contributed by atoms with Crippen LogP contribution in [0.1, 0.15) is 6.42 Å². The lowest BCUT2D eigenvalue weighted by molar-refractivity contribution is 0.236. The zero-order chi connectivity index (χ0) is 12.9. The second-order valence-corrected chi connectivity index (χ2v) is 4.63. The maximum atomic E-state index is 5.93. The molecule has 96 valence electrons. The van der Waals surface area contributed by atoms with Gasteiger partial charge in [0.1, 0.15) is 11.9 Å². The first kappa shape index (κ1) is 11.8. The monoisotopic (exact) mass is 251 g/mol. The van der Waals surface area contributed by atoms with Crippen molar-refractivity contribution in [3.8, 4) is 5.75 Å². The number of benzene rings is 2. The highest BCUT2D eigenvalue weighted by Crippen LogP contribution is 2.21. The number of para-hydroxylation sites is 2. The normalized spacial score (nSPS) is 18.3. The lowest BCUT2D eigenvalue weighted by atomic mass is 10.1. The van der Waals surface area contributed by atoms with Crippen LogP contribution in [0.2, 0.25) is 0 Å². The summed E-state index contributed by atoms with van der Waals surface area (Å²) in [5.41, 5.74) is 1.23. The molecule has 2 aromatic carbocycles. The van der Waals surface area contributed by atoms with Crippen molar-refractivity contribution in [1.82, 2.24) is 0 Å². The summed E-state index contributed by atoms with van der Waals surface area (Å²) in [6.07, 6.45) is 5.42. The van der Waals surface area contributed by atoms with Gasteiger partial charge in [-0.1, -0.05) is 36.4 Å². The minimum absolute atomic E-state index is 0.169. The van der Waals surface area contributed by atoms with Crippen molar-refractivity contribution in [2.24, 2.45) is 0 Å². The Labute approximate surface area is 113 Å². The highest BCUT2D eigenvalue weighted by atomic mass is 16.5. The lowest BCUT2D eigenvalue weighted by Crippen LogP contribution is -2.29. The smallest absolute Gasteiger partial charge is 0.120 e. The van der Waals surface area contributed by atoms with E-state index in [1.165, 1.54) is 5.69 Å². The standard InChI is InChI=1S/C17H17NO/c1-3-7-15(8-4-1)18-13-11-17(12-14-18)19-16-9-5-2-6-10-16/h1-11,13,17H,12,14H2. The third-order valence-corrected chi connectivity index (χ3v) is 3.25.